The van der Waals surface area contributed by atoms with Crippen molar-refractivity contribution in [2.75, 3.05) is 26.3 Å². The third-order valence-corrected chi connectivity index (χ3v) is 5.81. The number of aryl methyl sites for hydroxylation is 1. The van der Waals surface area contributed by atoms with Gasteiger partial charge in [0.05, 0.1) is 19.3 Å². The first-order valence-corrected chi connectivity index (χ1v) is 9.65. The molecule has 140 valence electrons. The lowest BCUT2D eigenvalue weighted by atomic mass is 9.78. The van der Waals surface area contributed by atoms with Crippen LogP contribution in [0.3, 0.4) is 0 Å². The van der Waals surface area contributed by atoms with Gasteiger partial charge in [0.1, 0.15) is 11.4 Å². The van der Waals surface area contributed by atoms with E-state index in [1.165, 1.54) is 6.42 Å². The number of carbonyl (C=O) groups excluding carboxylic acids is 1. The summed E-state index contributed by atoms with van der Waals surface area (Å²) in [6, 6.07) is -0.0626. The van der Waals surface area contributed by atoms with Gasteiger partial charge in [0, 0.05) is 32.5 Å². The maximum atomic E-state index is 13.5. The number of morpholine rings is 1. The highest BCUT2D eigenvalue weighted by atomic mass is 16.5. The van der Waals surface area contributed by atoms with Crippen LogP contribution in [-0.4, -0.2) is 52.2 Å². The highest BCUT2D eigenvalue weighted by Crippen LogP contribution is 2.35. The Morgan fingerprint density at radius 3 is 2.48 bits per heavy atom. The lowest BCUT2D eigenvalue weighted by Gasteiger charge is -2.47. The van der Waals surface area contributed by atoms with Gasteiger partial charge < -0.3 is 14.6 Å². The minimum absolute atomic E-state index is 0.0626. The molecule has 1 unspecified atom stereocenters. The molecular weight excluding hydrogens is 316 g/mol. The summed E-state index contributed by atoms with van der Waals surface area (Å²) >= 11 is 0. The van der Waals surface area contributed by atoms with Crippen LogP contribution < -0.4 is 5.32 Å². The standard InChI is InChI=1S/C19H32N4O2/c1-15(2)16(17-20-9-10-22(17)3)21-18(24)19(7-5-4-6-8-19)23-11-13-25-14-12-23/h9-10,15-16H,4-8,11-14H2,1-3H3,(H,21,24). The molecule has 1 aliphatic carbocycles. The summed E-state index contributed by atoms with van der Waals surface area (Å²) in [5.74, 6) is 1.39. The molecule has 6 nitrogen and oxygen atoms in total. The quantitative estimate of drug-likeness (QED) is 0.887. The summed E-state index contributed by atoms with van der Waals surface area (Å²) in [6.07, 6.45) is 9.12. The van der Waals surface area contributed by atoms with Crippen LogP contribution in [0.2, 0.25) is 0 Å². The third kappa shape index (κ3) is 3.75. The summed E-state index contributed by atoms with van der Waals surface area (Å²) in [4.78, 5) is 20.4. The highest BCUT2D eigenvalue weighted by Gasteiger charge is 2.46. The summed E-state index contributed by atoms with van der Waals surface area (Å²) in [6.45, 7) is 7.43. The highest BCUT2D eigenvalue weighted by molar-refractivity contribution is 5.86. The Balaban J connectivity index is 1.82. The molecule has 0 aromatic carbocycles. The third-order valence-electron chi connectivity index (χ3n) is 5.81. The second kappa shape index (κ2) is 7.87. The first-order chi connectivity index (χ1) is 12.0. The molecule has 1 aromatic rings. The van der Waals surface area contributed by atoms with Crippen LogP contribution in [-0.2, 0) is 16.6 Å². The van der Waals surface area contributed by atoms with Gasteiger partial charge in [-0.3, -0.25) is 9.69 Å². The van der Waals surface area contributed by atoms with Crippen molar-refractivity contribution in [2.24, 2.45) is 13.0 Å². The fraction of sp³-hybridized carbons (Fsp3) is 0.789. The summed E-state index contributed by atoms with van der Waals surface area (Å²) in [7, 11) is 1.99. The molecule has 2 fully saturated rings. The predicted molar refractivity (Wildman–Crippen MR) is 97.1 cm³/mol. The van der Waals surface area contributed by atoms with Crippen LogP contribution >= 0.6 is 0 Å². The van der Waals surface area contributed by atoms with Gasteiger partial charge >= 0.3 is 0 Å². The molecule has 3 rings (SSSR count). The van der Waals surface area contributed by atoms with Gasteiger partial charge in [-0.2, -0.15) is 0 Å². The molecule has 1 aliphatic heterocycles. The Labute approximate surface area is 150 Å². The van der Waals surface area contributed by atoms with E-state index in [2.05, 4.69) is 29.0 Å². The monoisotopic (exact) mass is 348 g/mol. The molecule has 6 heteroatoms. The molecule has 1 atom stereocenters. The average molecular weight is 348 g/mol. The number of amides is 1. The van der Waals surface area contributed by atoms with E-state index >= 15 is 0 Å². The minimum atomic E-state index is -0.375. The zero-order valence-corrected chi connectivity index (χ0v) is 15.8. The number of nitrogens with zero attached hydrogens (tertiary/aromatic N) is 3. The van der Waals surface area contributed by atoms with Crippen molar-refractivity contribution >= 4 is 5.91 Å². The van der Waals surface area contributed by atoms with Gasteiger partial charge in [0.2, 0.25) is 5.91 Å². The largest absolute Gasteiger partial charge is 0.379 e. The number of hydrogen-bond acceptors (Lipinski definition) is 4. The van der Waals surface area contributed by atoms with E-state index in [-0.39, 0.29) is 23.4 Å². The van der Waals surface area contributed by atoms with E-state index in [9.17, 15) is 4.79 Å². The Morgan fingerprint density at radius 2 is 1.92 bits per heavy atom. The Hall–Kier alpha value is -1.40. The Kier molecular flexibility index (Phi) is 5.79. The van der Waals surface area contributed by atoms with Crippen molar-refractivity contribution in [3.05, 3.63) is 18.2 Å². The molecule has 2 aliphatic rings. The second-order valence-electron chi connectivity index (χ2n) is 7.78. The fourth-order valence-electron chi connectivity index (χ4n) is 4.30. The summed E-state index contributed by atoms with van der Waals surface area (Å²) in [5.41, 5.74) is -0.375. The molecule has 1 aromatic heterocycles. The van der Waals surface area contributed by atoms with Crippen LogP contribution in [0.5, 0.6) is 0 Å². The first-order valence-electron chi connectivity index (χ1n) is 9.65. The molecule has 25 heavy (non-hydrogen) atoms. The molecule has 1 saturated carbocycles. The van der Waals surface area contributed by atoms with Crippen molar-refractivity contribution in [2.45, 2.75) is 57.5 Å². The van der Waals surface area contributed by atoms with E-state index in [4.69, 9.17) is 4.74 Å². The normalized spacial score (nSPS) is 22.7. The van der Waals surface area contributed by atoms with E-state index in [1.807, 2.05) is 17.8 Å². The smallest absolute Gasteiger partial charge is 0.241 e. The van der Waals surface area contributed by atoms with Crippen LogP contribution in [0.1, 0.15) is 57.8 Å². The van der Waals surface area contributed by atoms with Crippen molar-refractivity contribution in [1.29, 1.82) is 0 Å². The number of hydrogen-bond donors (Lipinski definition) is 1. The topological polar surface area (TPSA) is 59.4 Å². The van der Waals surface area contributed by atoms with E-state index in [0.29, 0.717) is 0 Å². The Morgan fingerprint density at radius 1 is 1.24 bits per heavy atom. The molecule has 1 N–H and O–H groups in total. The Bertz CT molecular complexity index is 572. The van der Waals surface area contributed by atoms with E-state index < -0.39 is 0 Å². The molecule has 2 heterocycles. The fourth-order valence-corrected chi connectivity index (χ4v) is 4.30. The van der Waals surface area contributed by atoms with Crippen molar-refractivity contribution in [3.8, 4) is 0 Å². The summed E-state index contributed by atoms with van der Waals surface area (Å²) in [5, 5.41) is 3.36. The molecular formula is C19H32N4O2. The van der Waals surface area contributed by atoms with Gasteiger partial charge in [-0.05, 0) is 18.8 Å². The van der Waals surface area contributed by atoms with E-state index in [0.717, 1.165) is 57.8 Å². The molecule has 0 spiro atoms. The van der Waals surface area contributed by atoms with Crippen molar-refractivity contribution < 1.29 is 9.53 Å². The molecule has 1 saturated heterocycles. The number of rotatable bonds is 5. The van der Waals surface area contributed by atoms with Crippen LogP contribution in [0.15, 0.2) is 12.4 Å². The first kappa shape index (κ1) is 18.4. The molecule has 0 radical (unpaired) electrons. The lowest BCUT2D eigenvalue weighted by Crippen LogP contribution is -2.62. The number of nitrogens with one attached hydrogen (secondary N) is 1. The average Bonchev–Trinajstić information content (AvgIpc) is 3.06. The zero-order chi connectivity index (χ0) is 17.9. The van der Waals surface area contributed by atoms with Gasteiger partial charge in [-0.25, -0.2) is 4.98 Å². The molecule has 1 amide bonds. The number of imidazole rings is 1. The second-order valence-corrected chi connectivity index (χ2v) is 7.78. The maximum absolute atomic E-state index is 13.5. The number of ether oxygens (including phenoxy) is 1. The lowest BCUT2D eigenvalue weighted by molar-refractivity contribution is -0.141. The van der Waals surface area contributed by atoms with Crippen LogP contribution in [0.25, 0.3) is 0 Å². The zero-order valence-electron chi connectivity index (χ0n) is 15.8. The number of carbonyl (C=O) groups is 1. The minimum Gasteiger partial charge on any atom is -0.379 e. The summed E-state index contributed by atoms with van der Waals surface area (Å²) < 4.78 is 7.53. The van der Waals surface area contributed by atoms with Gasteiger partial charge in [0.15, 0.2) is 0 Å². The van der Waals surface area contributed by atoms with Crippen molar-refractivity contribution in [3.63, 3.8) is 0 Å². The van der Waals surface area contributed by atoms with Gasteiger partial charge in [-0.15, -0.1) is 0 Å². The van der Waals surface area contributed by atoms with Crippen LogP contribution in [0, 0.1) is 5.92 Å². The van der Waals surface area contributed by atoms with Gasteiger partial charge in [-0.1, -0.05) is 33.1 Å². The van der Waals surface area contributed by atoms with E-state index in [1.54, 1.807) is 6.20 Å². The predicted octanol–water partition coefficient (Wildman–Crippen LogP) is 2.27. The van der Waals surface area contributed by atoms with Crippen LogP contribution in [0.4, 0.5) is 0 Å². The maximum Gasteiger partial charge on any atom is 0.241 e. The number of aromatic nitrogens is 2. The van der Waals surface area contributed by atoms with Crippen molar-refractivity contribution in [1.82, 2.24) is 19.8 Å². The van der Waals surface area contributed by atoms with Gasteiger partial charge in [0.25, 0.3) is 0 Å². The SMILES string of the molecule is CC(C)C(NC(=O)C1(N2CCOCC2)CCCCC1)c1nccn1C. The molecule has 0 bridgehead atoms.